The Labute approximate surface area is 235 Å². The molecule has 1 aliphatic heterocycles. The average Bonchev–Trinajstić information content (AvgIpc) is 3.01. The van der Waals surface area contributed by atoms with E-state index in [1.807, 2.05) is 72.8 Å². The molecule has 0 saturated carbocycles. The van der Waals surface area contributed by atoms with Crippen LogP contribution in [0.4, 0.5) is 10.1 Å². The lowest BCUT2D eigenvalue weighted by Gasteiger charge is -2.36. The van der Waals surface area contributed by atoms with Gasteiger partial charge in [-0.05, 0) is 48.2 Å². The number of hydrogen-bond donors (Lipinski definition) is 0. The highest BCUT2D eigenvalue weighted by Crippen LogP contribution is 2.35. The minimum Gasteiger partial charge on any atom is -0.473 e. The summed E-state index contributed by atoms with van der Waals surface area (Å²) < 4.78 is 38.6. The Kier molecular flexibility index (Phi) is 9.26. The van der Waals surface area contributed by atoms with Crippen LogP contribution in [-0.4, -0.2) is 38.6 Å². The van der Waals surface area contributed by atoms with Crippen LogP contribution in [-0.2, 0) is 22.7 Å². The van der Waals surface area contributed by atoms with Gasteiger partial charge in [0.05, 0.1) is 0 Å². The SMILES string of the molecule is COC(OC)C1CCN(c2ccc(-c3ccc(OCc4ccccc4)nc3OCc3ccccc3)c(F)c2)CC1. The lowest BCUT2D eigenvalue weighted by Crippen LogP contribution is -2.39. The van der Waals surface area contributed by atoms with Crippen LogP contribution in [0.1, 0.15) is 24.0 Å². The van der Waals surface area contributed by atoms with E-state index in [-0.39, 0.29) is 12.1 Å². The van der Waals surface area contributed by atoms with Crippen molar-refractivity contribution in [2.45, 2.75) is 32.3 Å². The molecule has 40 heavy (non-hydrogen) atoms. The molecule has 6 nitrogen and oxygen atoms in total. The van der Waals surface area contributed by atoms with Crippen LogP contribution >= 0.6 is 0 Å². The van der Waals surface area contributed by atoms with E-state index in [0.717, 1.165) is 42.7 Å². The van der Waals surface area contributed by atoms with E-state index < -0.39 is 0 Å². The molecule has 0 atom stereocenters. The summed E-state index contributed by atoms with van der Waals surface area (Å²) in [7, 11) is 3.34. The second-order valence-corrected chi connectivity index (χ2v) is 9.88. The largest absolute Gasteiger partial charge is 0.473 e. The zero-order valence-corrected chi connectivity index (χ0v) is 23.0. The van der Waals surface area contributed by atoms with Crippen molar-refractivity contribution in [3.63, 3.8) is 0 Å². The lowest BCUT2D eigenvalue weighted by molar-refractivity contribution is -0.141. The molecule has 3 aromatic carbocycles. The molecule has 4 aromatic rings. The molecule has 0 unspecified atom stereocenters. The molecule has 0 amide bonds. The maximum absolute atomic E-state index is 15.6. The van der Waals surface area contributed by atoms with Crippen LogP contribution in [0.2, 0.25) is 0 Å². The zero-order valence-electron chi connectivity index (χ0n) is 23.0. The monoisotopic (exact) mass is 542 g/mol. The normalized spacial score (nSPS) is 13.9. The molecule has 0 spiro atoms. The van der Waals surface area contributed by atoms with Gasteiger partial charge in [0.2, 0.25) is 11.8 Å². The summed E-state index contributed by atoms with van der Waals surface area (Å²) in [4.78, 5) is 6.83. The maximum Gasteiger partial charge on any atom is 0.225 e. The second kappa shape index (κ2) is 13.4. The molecular weight excluding hydrogens is 507 g/mol. The second-order valence-electron chi connectivity index (χ2n) is 9.88. The van der Waals surface area contributed by atoms with Gasteiger partial charge in [-0.3, -0.25) is 0 Å². The van der Waals surface area contributed by atoms with E-state index >= 15 is 4.39 Å². The molecule has 0 bridgehead atoms. The van der Waals surface area contributed by atoms with Crippen molar-refractivity contribution in [3.8, 4) is 22.9 Å². The fourth-order valence-electron chi connectivity index (χ4n) is 5.11. The quantitative estimate of drug-likeness (QED) is 0.193. The third kappa shape index (κ3) is 6.79. The molecule has 1 aliphatic rings. The van der Waals surface area contributed by atoms with Crippen LogP contribution < -0.4 is 14.4 Å². The standard InChI is InChI=1S/C33H35FN2O4/c1-37-33(38-2)26-17-19-36(20-18-26)27-13-14-28(30(34)21-27)29-15-16-31(39-22-24-9-5-3-6-10-24)35-32(29)40-23-25-11-7-4-8-12-25/h3-16,21,26,33H,17-20,22-23H2,1-2H3. The number of aromatic nitrogens is 1. The fraction of sp³-hybridized carbons (Fsp3) is 0.303. The molecule has 7 heteroatoms. The number of pyridine rings is 1. The van der Waals surface area contributed by atoms with Crippen LogP contribution in [0.25, 0.3) is 11.1 Å². The first-order valence-electron chi connectivity index (χ1n) is 13.6. The van der Waals surface area contributed by atoms with Gasteiger partial charge in [0, 0.05) is 56.1 Å². The molecule has 5 rings (SSSR count). The molecule has 208 valence electrons. The number of benzene rings is 3. The first-order chi connectivity index (χ1) is 19.6. The van der Waals surface area contributed by atoms with Crippen LogP contribution in [0.3, 0.4) is 0 Å². The van der Waals surface area contributed by atoms with E-state index in [0.29, 0.717) is 42.0 Å². The van der Waals surface area contributed by atoms with Crippen molar-refractivity contribution in [1.82, 2.24) is 4.98 Å². The smallest absolute Gasteiger partial charge is 0.225 e. The topological polar surface area (TPSA) is 53.1 Å². The predicted molar refractivity (Wildman–Crippen MR) is 154 cm³/mol. The molecule has 0 aliphatic carbocycles. The molecule has 0 N–H and O–H groups in total. The number of ether oxygens (including phenoxy) is 4. The van der Waals surface area contributed by atoms with Crippen molar-refractivity contribution in [2.24, 2.45) is 5.92 Å². The Hall–Kier alpha value is -3.94. The number of methoxy groups -OCH3 is 2. The Balaban J connectivity index is 1.35. The van der Waals surface area contributed by atoms with Gasteiger partial charge >= 0.3 is 0 Å². The summed E-state index contributed by atoms with van der Waals surface area (Å²) in [5.74, 6) is 0.747. The summed E-state index contributed by atoms with van der Waals surface area (Å²) in [5.41, 5.74) is 3.89. The number of rotatable bonds is 11. The van der Waals surface area contributed by atoms with Crippen LogP contribution in [0.15, 0.2) is 91.0 Å². The number of halogens is 1. The number of hydrogen-bond acceptors (Lipinski definition) is 6. The molecule has 1 aromatic heterocycles. The summed E-state index contributed by atoms with van der Waals surface area (Å²) in [6.45, 7) is 2.31. The van der Waals surface area contributed by atoms with E-state index in [9.17, 15) is 0 Å². The number of anilines is 1. The van der Waals surface area contributed by atoms with Crippen LogP contribution in [0, 0.1) is 11.7 Å². The Bertz CT molecular complexity index is 1360. The molecule has 1 saturated heterocycles. The minimum atomic E-state index is -0.324. The van der Waals surface area contributed by atoms with E-state index in [1.165, 1.54) is 0 Å². The highest BCUT2D eigenvalue weighted by atomic mass is 19.1. The van der Waals surface area contributed by atoms with E-state index in [4.69, 9.17) is 18.9 Å². The summed E-state index contributed by atoms with van der Waals surface area (Å²) in [5, 5.41) is 0. The van der Waals surface area contributed by atoms with E-state index in [2.05, 4.69) is 9.88 Å². The van der Waals surface area contributed by atoms with Crippen molar-refractivity contribution >= 4 is 5.69 Å². The Morgan fingerprint density at radius 1 is 0.775 bits per heavy atom. The van der Waals surface area contributed by atoms with Gasteiger partial charge in [-0.15, -0.1) is 0 Å². The highest BCUT2D eigenvalue weighted by Gasteiger charge is 2.27. The highest BCUT2D eigenvalue weighted by molar-refractivity contribution is 5.72. The first kappa shape index (κ1) is 27.6. The average molecular weight is 543 g/mol. The Morgan fingerprint density at radius 2 is 1.38 bits per heavy atom. The molecule has 2 heterocycles. The Morgan fingerprint density at radius 3 is 1.98 bits per heavy atom. The maximum atomic E-state index is 15.6. The third-order valence-electron chi connectivity index (χ3n) is 7.28. The van der Waals surface area contributed by atoms with Crippen LogP contribution in [0.5, 0.6) is 11.8 Å². The number of nitrogens with zero attached hydrogens (tertiary/aromatic N) is 2. The van der Waals surface area contributed by atoms with Gasteiger partial charge in [-0.1, -0.05) is 60.7 Å². The summed E-state index contributed by atoms with van der Waals surface area (Å²) in [6, 6.07) is 28.7. The third-order valence-corrected chi connectivity index (χ3v) is 7.28. The van der Waals surface area contributed by atoms with Gasteiger partial charge in [-0.2, -0.15) is 4.98 Å². The van der Waals surface area contributed by atoms with Crippen molar-refractivity contribution in [1.29, 1.82) is 0 Å². The molecule has 1 fully saturated rings. The molecular formula is C33H35FN2O4. The van der Waals surface area contributed by atoms with E-state index in [1.54, 1.807) is 32.4 Å². The van der Waals surface area contributed by atoms with Crippen molar-refractivity contribution < 1.29 is 23.3 Å². The van der Waals surface area contributed by atoms with Gasteiger partial charge < -0.3 is 23.8 Å². The first-order valence-corrected chi connectivity index (χ1v) is 13.6. The van der Waals surface area contributed by atoms with Gasteiger partial charge in [0.1, 0.15) is 19.0 Å². The van der Waals surface area contributed by atoms with Gasteiger partial charge in [-0.25, -0.2) is 4.39 Å². The van der Waals surface area contributed by atoms with Gasteiger partial charge in [0.15, 0.2) is 6.29 Å². The zero-order chi connectivity index (χ0) is 27.7. The summed E-state index contributed by atoms with van der Waals surface area (Å²) in [6.07, 6.45) is 1.63. The minimum absolute atomic E-state index is 0.206. The molecule has 0 radical (unpaired) electrons. The van der Waals surface area contributed by atoms with Gasteiger partial charge in [0.25, 0.3) is 0 Å². The lowest BCUT2D eigenvalue weighted by atomic mass is 9.95. The fourth-order valence-corrected chi connectivity index (χ4v) is 5.11. The van der Waals surface area contributed by atoms with Crippen molar-refractivity contribution in [2.75, 3.05) is 32.2 Å². The number of piperidine rings is 1. The summed E-state index contributed by atoms with van der Waals surface area (Å²) >= 11 is 0. The predicted octanol–water partition coefficient (Wildman–Crippen LogP) is 6.88. The van der Waals surface area contributed by atoms with Crippen molar-refractivity contribution in [3.05, 3.63) is 108 Å².